The molecule has 2 heterocycles. The smallest absolute Gasteiger partial charge is 0.222 e. The Morgan fingerprint density at radius 3 is 2.43 bits per heavy atom. The van der Waals surface area contributed by atoms with Crippen LogP contribution in [0, 0.1) is 17.8 Å². The third kappa shape index (κ3) is 5.48. The molecule has 2 amide bonds. The molecule has 2 N–H and O–H groups in total. The maximum atomic E-state index is 12.5. The highest BCUT2D eigenvalue weighted by Gasteiger charge is 2.27. The van der Waals surface area contributed by atoms with Gasteiger partial charge in [-0.05, 0) is 50.6 Å². The van der Waals surface area contributed by atoms with Crippen molar-refractivity contribution in [2.24, 2.45) is 17.8 Å². The minimum atomic E-state index is 0.0274. The molecule has 0 spiro atoms. The lowest BCUT2D eigenvalue weighted by Gasteiger charge is -2.34. The van der Waals surface area contributed by atoms with Crippen LogP contribution in [0.4, 0.5) is 0 Å². The van der Waals surface area contributed by atoms with Crippen molar-refractivity contribution in [3.8, 4) is 0 Å². The number of carbonyl (C=O) groups is 2. The van der Waals surface area contributed by atoms with Crippen LogP contribution in [0.3, 0.4) is 0 Å². The van der Waals surface area contributed by atoms with Crippen molar-refractivity contribution in [2.75, 3.05) is 26.2 Å². The zero-order chi connectivity index (χ0) is 16.8. The monoisotopic (exact) mass is 323 g/mol. The van der Waals surface area contributed by atoms with E-state index in [4.69, 9.17) is 0 Å². The number of hydrogen-bond donors (Lipinski definition) is 2. The molecule has 23 heavy (non-hydrogen) atoms. The van der Waals surface area contributed by atoms with Crippen molar-refractivity contribution in [2.45, 2.75) is 58.9 Å². The molecule has 2 fully saturated rings. The SMILES string of the molecule is CC(C)C(=O)NC1CCN(C(=O)CC(C)C2CCCNC2)CC1. The number of carbonyl (C=O) groups excluding carboxylic acids is 2. The van der Waals surface area contributed by atoms with E-state index in [1.54, 1.807) is 0 Å². The van der Waals surface area contributed by atoms with E-state index in [9.17, 15) is 9.59 Å². The second kappa shape index (κ2) is 8.67. The van der Waals surface area contributed by atoms with E-state index in [-0.39, 0.29) is 23.8 Å². The van der Waals surface area contributed by atoms with Crippen LogP contribution in [0.15, 0.2) is 0 Å². The molecule has 0 bridgehead atoms. The van der Waals surface area contributed by atoms with Crippen LogP contribution in [-0.2, 0) is 9.59 Å². The van der Waals surface area contributed by atoms with Crippen molar-refractivity contribution in [3.63, 3.8) is 0 Å². The Kier molecular flexibility index (Phi) is 6.88. The fourth-order valence-corrected chi connectivity index (χ4v) is 3.58. The third-order valence-electron chi connectivity index (χ3n) is 5.35. The largest absolute Gasteiger partial charge is 0.353 e. The maximum absolute atomic E-state index is 12.5. The highest BCUT2D eigenvalue weighted by molar-refractivity contribution is 5.78. The van der Waals surface area contributed by atoms with Crippen LogP contribution in [0.1, 0.15) is 52.9 Å². The lowest BCUT2D eigenvalue weighted by atomic mass is 9.85. The molecule has 0 aromatic rings. The van der Waals surface area contributed by atoms with E-state index in [2.05, 4.69) is 17.6 Å². The van der Waals surface area contributed by atoms with Crippen LogP contribution in [-0.4, -0.2) is 48.9 Å². The first-order chi connectivity index (χ1) is 11.0. The quantitative estimate of drug-likeness (QED) is 0.811. The molecule has 5 nitrogen and oxygen atoms in total. The van der Waals surface area contributed by atoms with E-state index < -0.39 is 0 Å². The average molecular weight is 323 g/mol. The highest BCUT2D eigenvalue weighted by Crippen LogP contribution is 2.24. The first kappa shape index (κ1) is 18.2. The Labute approximate surface area is 140 Å². The summed E-state index contributed by atoms with van der Waals surface area (Å²) in [6, 6.07) is 0.230. The molecule has 0 aromatic heterocycles. The van der Waals surface area contributed by atoms with Gasteiger partial charge in [-0.2, -0.15) is 0 Å². The van der Waals surface area contributed by atoms with Gasteiger partial charge >= 0.3 is 0 Å². The van der Waals surface area contributed by atoms with Crippen LogP contribution in [0.25, 0.3) is 0 Å². The van der Waals surface area contributed by atoms with Gasteiger partial charge in [-0.15, -0.1) is 0 Å². The molecule has 2 saturated heterocycles. The predicted molar refractivity (Wildman–Crippen MR) is 92.0 cm³/mol. The lowest BCUT2D eigenvalue weighted by Crippen LogP contribution is -2.47. The maximum Gasteiger partial charge on any atom is 0.222 e. The van der Waals surface area contributed by atoms with Crippen molar-refractivity contribution in [1.82, 2.24) is 15.5 Å². The standard InChI is InChI=1S/C18H33N3O2/c1-13(2)18(23)20-16-6-9-21(10-7-16)17(22)11-14(3)15-5-4-8-19-12-15/h13-16,19H,4-12H2,1-3H3,(H,20,23). The molecular weight excluding hydrogens is 290 g/mol. The summed E-state index contributed by atoms with van der Waals surface area (Å²) in [5.41, 5.74) is 0. The fourth-order valence-electron chi connectivity index (χ4n) is 3.58. The summed E-state index contributed by atoms with van der Waals surface area (Å²) in [7, 11) is 0. The number of nitrogens with zero attached hydrogens (tertiary/aromatic N) is 1. The predicted octanol–water partition coefficient (Wildman–Crippen LogP) is 1.78. The van der Waals surface area contributed by atoms with E-state index in [0.717, 1.165) is 39.0 Å². The van der Waals surface area contributed by atoms with E-state index in [1.807, 2.05) is 18.7 Å². The number of piperidine rings is 2. The van der Waals surface area contributed by atoms with E-state index >= 15 is 0 Å². The second-order valence-corrected chi connectivity index (χ2v) is 7.61. The molecule has 0 saturated carbocycles. The summed E-state index contributed by atoms with van der Waals surface area (Å²) < 4.78 is 0. The Bertz CT molecular complexity index is 397. The van der Waals surface area contributed by atoms with Crippen LogP contribution >= 0.6 is 0 Å². The van der Waals surface area contributed by atoms with Crippen molar-refractivity contribution < 1.29 is 9.59 Å². The summed E-state index contributed by atoms with van der Waals surface area (Å²) in [5.74, 6) is 1.52. The minimum Gasteiger partial charge on any atom is -0.353 e. The summed E-state index contributed by atoms with van der Waals surface area (Å²) in [5, 5.41) is 6.52. The summed E-state index contributed by atoms with van der Waals surface area (Å²) in [4.78, 5) is 26.2. The zero-order valence-electron chi connectivity index (χ0n) is 14.9. The molecule has 2 atom stereocenters. The van der Waals surface area contributed by atoms with Gasteiger partial charge in [0.05, 0.1) is 0 Å². The molecule has 2 unspecified atom stereocenters. The van der Waals surface area contributed by atoms with Gasteiger partial charge in [-0.25, -0.2) is 0 Å². The van der Waals surface area contributed by atoms with Gasteiger partial charge in [0.1, 0.15) is 0 Å². The number of rotatable bonds is 5. The Morgan fingerprint density at radius 2 is 1.87 bits per heavy atom. The third-order valence-corrected chi connectivity index (χ3v) is 5.35. The molecule has 132 valence electrons. The van der Waals surface area contributed by atoms with E-state index in [0.29, 0.717) is 18.3 Å². The van der Waals surface area contributed by atoms with Gasteiger partial charge in [-0.3, -0.25) is 9.59 Å². The average Bonchev–Trinajstić information content (AvgIpc) is 2.56. The van der Waals surface area contributed by atoms with Gasteiger partial charge in [0, 0.05) is 31.5 Å². The zero-order valence-corrected chi connectivity index (χ0v) is 14.9. The first-order valence-corrected chi connectivity index (χ1v) is 9.26. The Balaban J connectivity index is 1.71. The second-order valence-electron chi connectivity index (χ2n) is 7.61. The van der Waals surface area contributed by atoms with Crippen molar-refractivity contribution in [3.05, 3.63) is 0 Å². The van der Waals surface area contributed by atoms with Crippen molar-refractivity contribution in [1.29, 1.82) is 0 Å². The number of hydrogen-bond acceptors (Lipinski definition) is 3. The fraction of sp³-hybridized carbons (Fsp3) is 0.889. The van der Waals surface area contributed by atoms with Crippen LogP contribution in [0.2, 0.25) is 0 Å². The van der Waals surface area contributed by atoms with E-state index in [1.165, 1.54) is 12.8 Å². The van der Waals surface area contributed by atoms with Crippen molar-refractivity contribution >= 4 is 11.8 Å². The van der Waals surface area contributed by atoms with Gasteiger partial charge in [-0.1, -0.05) is 20.8 Å². The van der Waals surface area contributed by atoms with Crippen LogP contribution in [0.5, 0.6) is 0 Å². The van der Waals surface area contributed by atoms with Gasteiger partial charge in [0.15, 0.2) is 0 Å². The van der Waals surface area contributed by atoms with Gasteiger partial charge < -0.3 is 15.5 Å². The Morgan fingerprint density at radius 1 is 1.17 bits per heavy atom. The molecule has 5 heteroatoms. The topological polar surface area (TPSA) is 61.4 Å². The Hall–Kier alpha value is -1.10. The number of nitrogens with one attached hydrogen (secondary N) is 2. The summed E-state index contributed by atoms with van der Waals surface area (Å²) in [6.45, 7) is 9.76. The normalized spacial score (nSPS) is 24.5. The first-order valence-electron chi connectivity index (χ1n) is 9.26. The number of amides is 2. The molecule has 0 aliphatic carbocycles. The number of likely N-dealkylation sites (tertiary alicyclic amines) is 1. The van der Waals surface area contributed by atoms with Crippen LogP contribution < -0.4 is 10.6 Å². The highest BCUT2D eigenvalue weighted by atomic mass is 16.2. The lowest BCUT2D eigenvalue weighted by molar-refractivity contribution is -0.133. The molecule has 0 aromatic carbocycles. The molecule has 0 radical (unpaired) electrons. The minimum absolute atomic E-state index is 0.0274. The summed E-state index contributed by atoms with van der Waals surface area (Å²) in [6.07, 6.45) is 4.89. The van der Waals surface area contributed by atoms with Gasteiger partial charge in [0.2, 0.25) is 11.8 Å². The molecular formula is C18H33N3O2. The summed E-state index contributed by atoms with van der Waals surface area (Å²) >= 11 is 0. The molecule has 2 aliphatic heterocycles. The van der Waals surface area contributed by atoms with Gasteiger partial charge in [0.25, 0.3) is 0 Å². The molecule has 2 aliphatic rings. The molecule has 2 rings (SSSR count).